The van der Waals surface area contributed by atoms with Gasteiger partial charge in [-0.1, -0.05) is 31.2 Å². The Balaban J connectivity index is 1.94. The van der Waals surface area contributed by atoms with Gasteiger partial charge in [0.1, 0.15) is 24.4 Å². The van der Waals surface area contributed by atoms with Crippen molar-refractivity contribution in [1.29, 1.82) is 0 Å². The lowest BCUT2D eigenvalue weighted by molar-refractivity contribution is -0.304. The van der Waals surface area contributed by atoms with Crippen molar-refractivity contribution in [3.05, 3.63) is 35.4 Å². The molecule has 130 valence electrons. The Hall–Kier alpha value is -1.06. The molecule has 7 heteroatoms. The van der Waals surface area contributed by atoms with Crippen LogP contribution in [-0.2, 0) is 16.1 Å². The highest BCUT2D eigenvalue weighted by molar-refractivity contribution is 5.24. The van der Waals surface area contributed by atoms with E-state index in [1.165, 1.54) is 0 Å². The topological polar surface area (TPSA) is 120 Å². The maximum absolute atomic E-state index is 9.88. The Morgan fingerprint density at radius 3 is 2.26 bits per heavy atom. The zero-order valence-corrected chi connectivity index (χ0v) is 12.9. The summed E-state index contributed by atoms with van der Waals surface area (Å²) in [6.45, 7) is 1.63. The third kappa shape index (κ3) is 4.27. The van der Waals surface area contributed by atoms with Crippen molar-refractivity contribution >= 4 is 0 Å². The third-order valence-electron chi connectivity index (χ3n) is 4.09. The van der Waals surface area contributed by atoms with Gasteiger partial charge in [-0.3, -0.25) is 0 Å². The molecule has 0 aliphatic carbocycles. The molecule has 5 N–H and O–H groups in total. The summed E-state index contributed by atoms with van der Waals surface area (Å²) in [5.74, 6) is 0.0513. The molecule has 6 unspecified atom stereocenters. The summed E-state index contributed by atoms with van der Waals surface area (Å²) in [4.78, 5) is 0. The third-order valence-corrected chi connectivity index (χ3v) is 4.09. The summed E-state index contributed by atoms with van der Waals surface area (Å²) < 4.78 is 10.7. The molecule has 0 bridgehead atoms. The minimum atomic E-state index is -1.45. The first-order valence-corrected chi connectivity index (χ1v) is 7.59. The SMILES string of the molecule is CC(CO)c1ccc(COC2OC(CO)C(O)C(O)C2O)cc1. The molecule has 0 spiro atoms. The average Bonchev–Trinajstić information content (AvgIpc) is 2.59. The highest BCUT2D eigenvalue weighted by Gasteiger charge is 2.43. The molecule has 1 heterocycles. The number of hydrogen-bond donors (Lipinski definition) is 5. The molecule has 2 rings (SSSR count). The van der Waals surface area contributed by atoms with Gasteiger partial charge in [0.2, 0.25) is 0 Å². The first-order valence-electron chi connectivity index (χ1n) is 7.59. The number of ether oxygens (including phenoxy) is 2. The minimum absolute atomic E-state index is 0.0513. The molecule has 0 radical (unpaired) electrons. The van der Waals surface area contributed by atoms with Gasteiger partial charge >= 0.3 is 0 Å². The Morgan fingerprint density at radius 1 is 1.04 bits per heavy atom. The molecule has 23 heavy (non-hydrogen) atoms. The van der Waals surface area contributed by atoms with Crippen molar-refractivity contribution in [3.63, 3.8) is 0 Å². The zero-order chi connectivity index (χ0) is 17.0. The fourth-order valence-electron chi connectivity index (χ4n) is 2.43. The molecule has 7 nitrogen and oxygen atoms in total. The lowest BCUT2D eigenvalue weighted by atomic mass is 9.99. The Kier molecular flexibility index (Phi) is 6.49. The molecule has 1 saturated heterocycles. The fraction of sp³-hybridized carbons (Fsp3) is 0.625. The van der Waals surface area contributed by atoms with Crippen molar-refractivity contribution < 1.29 is 35.0 Å². The van der Waals surface area contributed by atoms with E-state index in [2.05, 4.69) is 0 Å². The quantitative estimate of drug-likeness (QED) is 0.459. The smallest absolute Gasteiger partial charge is 0.187 e. The molecule has 0 saturated carbocycles. The predicted molar refractivity (Wildman–Crippen MR) is 80.5 cm³/mol. The maximum atomic E-state index is 9.88. The second-order valence-corrected chi connectivity index (χ2v) is 5.83. The van der Waals surface area contributed by atoms with E-state index in [0.29, 0.717) is 0 Å². The van der Waals surface area contributed by atoms with Crippen LogP contribution in [0.1, 0.15) is 24.0 Å². The van der Waals surface area contributed by atoms with Gasteiger partial charge < -0.3 is 35.0 Å². The van der Waals surface area contributed by atoms with Crippen LogP contribution in [0.4, 0.5) is 0 Å². The van der Waals surface area contributed by atoms with Crippen molar-refractivity contribution in [2.45, 2.75) is 50.2 Å². The van der Waals surface area contributed by atoms with Crippen LogP contribution in [0.2, 0.25) is 0 Å². The van der Waals surface area contributed by atoms with Crippen LogP contribution in [0.25, 0.3) is 0 Å². The van der Waals surface area contributed by atoms with E-state index in [9.17, 15) is 15.3 Å². The number of hydrogen-bond acceptors (Lipinski definition) is 7. The maximum Gasteiger partial charge on any atom is 0.187 e. The number of benzene rings is 1. The first kappa shape index (κ1) is 18.3. The second kappa shape index (κ2) is 8.16. The number of aliphatic hydroxyl groups excluding tert-OH is 5. The molecular weight excluding hydrogens is 304 g/mol. The summed E-state index contributed by atoms with van der Waals surface area (Å²) in [5, 5.41) is 47.5. The molecule has 1 aliphatic heterocycles. The largest absolute Gasteiger partial charge is 0.396 e. The van der Waals surface area contributed by atoms with E-state index in [-0.39, 0.29) is 19.1 Å². The van der Waals surface area contributed by atoms with Crippen LogP contribution < -0.4 is 0 Å². The van der Waals surface area contributed by atoms with E-state index in [0.717, 1.165) is 11.1 Å². The Morgan fingerprint density at radius 2 is 1.70 bits per heavy atom. The fourth-order valence-corrected chi connectivity index (χ4v) is 2.43. The van der Waals surface area contributed by atoms with Gasteiger partial charge in [0.15, 0.2) is 6.29 Å². The minimum Gasteiger partial charge on any atom is -0.396 e. The monoisotopic (exact) mass is 328 g/mol. The van der Waals surface area contributed by atoms with Gasteiger partial charge in [-0.2, -0.15) is 0 Å². The van der Waals surface area contributed by atoms with Crippen LogP contribution in [-0.4, -0.2) is 69.5 Å². The van der Waals surface area contributed by atoms with Crippen LogP contribution in [0.3, 0.4) is 0 Å². The average molecular weight is 328 g/mol. The molecule has 1 aromatic carbocycles. The van der Waals surface area contributed by atoms with Gasteiger partial charge in [-0.25, -0.2) is 0 Å². The molecule has 1 aromatic rings. The highest BCUT2D eigenvalue weighted by Crippen LogP contribution is 2.23. The summed E-state index contributed by atoms with van der Waals surface area (Å²) in [6.07, 6.45) is -6.36. The predicted octanol–water partition coefficient (Wildman–Crippen LogP) is -0.901. The van der Waals surface area contributed by atoms with Gasteiger partial charge in [-0.15, -0.1) is 0 Å². The Bertz CT molecular complexity index is 476. The van der Waals surface area contributed by atoms with Crippen LogP contribution >= 0.6 is 0 Å². The molecule has 1 aliphatic rings. The number of rotatable bonds is 6. The van der Waals surface area contributed by atoms with Crippen LogP contribution in [0.15, 0.2) is 24.3 Å². The van der Waals surface area contributed by atoms with E-state index in [1.54, 1.807) is 0 Å². The standard InChI is InChI=1S/C16H24O7/c1-9(6-17)11-4-2-10(3-5-11)8-22-16-15(21)14(20)13(19)12(7-18)23-16/h2-5,9,12-21H,6-8H2,1H3. The molecule has 0 amide bonds. The van der Waals surface area contributed by atoms with E-state index < -0.39 is 37.3 Å². The van der Waals surface area contributed by atoms with Crippen LogP contribution in [0, 0.1) is 0 Å². The van der Waals surface area contributed by atoms with Crippen molar-refractivity contribution in [2.75, 3.05) is 13.2 Å². The summed E-state index contributed by atoms with van der Waals surface area (Å²) in [7, 11) is 0. The zero-order valence-electron chi connectivity index (χ0n) is 12.9. The molecule has 0 aromatic heterocycles. The highest BCUT2D eigenvalue weighted by atomic mass is 16.7. The summed E-state index contributed by atoms with van der Waals surface area (Å²) in [6, 6.07) is 7.44. The van der Waals surface area contributed by atoms with Crippen molar-refractivity contribution in [3.8, 4) is 0 Å². The van der Waals surface area contributed by atoms with E-state index >= 15 is 0 Å². The van der Waals surface area contributed by atoms with Crippen molar-refractivity contribution in [2.24, 2.45) is 0 Å². The molecule has 1 fully saturated rings. The van der Waals surface area contributed by atoms with Gasteiger partial charge in [0, 0.05) is 12.5 Å². The first-order chi connectivity index (χ1) is 11.0. The number of aliphatic hydroxyl groups is 5. The Labute approximate surface area is 134 Å². The summed E-state index contributed by atoms with van der Waals surface area (Å²) in [5.41, 5.74) is 1.83. The second-order valence-electron chi connectivity index (χ2n) is 5.83. The van der Waals surface area contributed by atoms with E-state index in [4.69, 9.17) is 19.7 Å². The normalized spacial score (nSPS) is 32.7. The van der Waals surface area contributed by atoms with Crippen molar-refractivity contribution in [1.82, 2.24) is 0 Å². The summed E-state index contributed by atoms with van der Waals surface area (Å²) >= 11 is 0. The lowest BCUT2D eigenvalue weighted by Gasteiger charge is -2.39. The van der Waals surface area contributed by atoms with E-state index in [1.807, 2.05) is 31.2 Å². The van der Waals surface area contributed by atoms with Gasteiger partial charge in [-0.05, 0) is 11.1 Å². The molecule has 6 atom stereocenters. The van der Waals surface area contributed by atoms with Crippen LogP contribution in [0.5, 0.6) is 0 Å². The molecular formula is C16H24O7. The van der Waals surface area contributed by atoms with Gasteiger partial charge in [0.25, 0.3) is 0 Å². The van der Waals surface area contributed by atoms with Gasteiger partial charge in [0.05, 0.1) is 13.2 Å². The lowest BCUT2D eigenvalue weighted by Crippen LogP contribution is -2.59.